The molecule has 0 bridgehead atoms. The maximum absolute atomic E-state index is 13.5. The SMILES string of the molecule is COc1ccc(CC2C(=O)NC(=S)N(c3ccc(Oc4ccccc4)cc3)C2=O)cc1Cn1cc([N+](=O)[O-])cn1. The van der Waals surface area contributed by atoms with Crippen LogP contribution in [0.1, 0.15) is 11.1 Å². The molecule has 0 aliphatic carbocycles. The number of benzene rings is 3. The van der Waals surface area contributed by atoms with Crippen LogP contribution in [0.25, 0.3) is 0 Å². The summed E-state index contributed by atoms with van der Waals surface area (Å²) >= 11 is 5.33. The van der Waals surface area contributed by atoms with Gasteiger partial charge >= 0.3 is 5.69 Å². The summed E-state index contributed by atoms with van der Waals surface area (Å²) in [5, 5.41) is 17.7. The summed E-state index contributed by atoms with van der Waals surface area (Å²) in [5.74, 6) is -0.169. The van der Waals surface area contributed by atoms with Crippen LogP contribution < -0.4 is 19.7 Å². The number of carbonyl (C=O) groups excluding carboxylic acids is 2. The highest BCUT2D eigenvalue weighted by molar-refractivity contribution is 7.80. The molecule has 0 saturated carbocycles. The van der Waals surface area contributed by atoms with E-state index in [4.69, 9.17) is 21.7 Å². The van der Waals surface area contributed by atoms with Gasteiger partial charge in [0.05, 0.1) is 24.3 Å². The summed E-state index contributed by atoms with van der Waals surface area (Å²) in [7, 11) is 1.51. The van der Waals surface area contributed by atoms with Gasteiger partial charge < -0.3 is 14.8 Å². The molecular weight excluding hydrogens is 534 g/mol. The number of carbonyl (C=O) groups is 2. The van der Waals surface area contributed by atoms with Crippen LogP contribution in [0.2, 0.25) is 0 Å². The van der Waals surface area contributed by atoms with Crippen molar-refractivity contribution >= 4 is 40.5 Å². The topological polar surface area (TPSA) is 129 Å². The van der Waals surface area contributed by atoms with Crippen LogP contribution in [0.5, 0.6) is 17.2 Å². The Bertz CT molecular complexity index is 1590. The van der Waals surface area contributed by atoms with E-state index in [0.717, 1.165) is 0 Å². The average Bonchev–Trinajstić information content (AvgIpc) is 3.42. The van der Waals surface area contributed by atoms with Crippen molar-refractivity contribution in [2.45, 2.75) is 13.0 Å². The van der Waals surface area contributed by atoms with E-state index in [1.165, 1.54) is 29.1 Å². The van der Waals surface area contributed by atoms with E-state index in [9.17, 15) is 19.7 Å². The number of nitrogens with one attached hydrogen (secondary N) is 1. The van der Waals surface area contributed by atoms with Gasteiger partial charge in [-0.25, -0.2) is 0 Å². The second-order valence-electron chi connectivity index (χ2n) is 8.93. The molecule has 12 heteroatoms. The Kier molecular flexibility index (Phi) is 7.51. The second kappa shape index (κ2) is 11.3. The summed E-state index contributed by atoms with van der Waals surface area (Å²) in [5.41, 5.74) is 1.75. The van der Waals surface area contributed by atoms with Crippen LogP contribution >= 0.6 is 12.2 Å². The largest absolute Gasteiger partial charge is 0.496 e. The highest BCUT2D eigenvalue weighted by Gasteiger charge is 2.39. The lowest BCUT2D eigenvalue weighted by molar-refractivity contribution is -0.385. The number of nitro groups is 1. The summed E-state index contributed by atoms with van der Waals surface area (Å²) in [4.78, 5) is 38.2. The Morgan fingerprint density at radius 3 is 2.45 bits per heavy atom. The first-order valence-electron chi connectivity index (χ1n) is 12.2. The lowest BCUT2D eigenvalue weighted by Crippen LogP contribution is -2.58. The maximum atomic E-state index is 13.5. The molecule has 1 aromatic heterocycles. The van der Waals surface area contributed by atoms with Crippen molar-refractivity contribution in [3.63, 3.8) is 0 Å². The van der Waals surface area contributed by atoms with Crippen LogP contribution in [0.15, 0.2) is 85.2 Å². The minimum Gasteiger partial charge on any atom is -0.496 e. The Morgan fingerprint density at radius 1 is 1.05 bits per heavy atom. The lowest BCUT2D eigenvalue weighted by Gasteiger charge is -2.32. The third kappa shape index (κ3) is 5.66. The van der Waals surface area contributed by atoms with E-state index in [1.807, 2.05) is 30.3 Å². The zero-order valence-corrected chi connectivity index (χ0v) is 22.0. The molecule has 0 radical (unpaired) electrons. The number of para-hydroxylation sites is 1. The van der Waals surface area contributed by atoms with Crippen molar-refractivity contribution in [1.29, 1.82) is 0 Å². The average molecular weight is 558 g/mol. The van der Waals surface area contributed by atoms with E-state index in [2.05, 4.69) is 10.4 Å². The minimum atomic E-state index is -1.03. The monoisotopic (exact) mass is 557 g/mol. The third-order valence-corrected chi connectivity index (χ3v) is 6.57. The van der Waals surface area contributed by atoms with Crippen LogP contribution in [-0.2, 0) is 22.6 Å². The number of rotatable bonds is 9. The van der Waals surface area contributed by atoms with E-state index in [1.54, 1.807) is 42.5 Å². The molecule has 202 valence electrons. The van der Waals surface area contributed by atoms with Gasteiger partial charge in [-0.1, -0.05) is 30.3 Å². The molecule has 5 rings (SSSR count). The Labute approximate surface area is 234 Å². The van der Waals surface area contributed by atoms with Gasteiger partial charge in [0.2, 0.25) is 11.8 Å². The number of ether oxygens (including phenoxy) is 2. The van der Waals surface area contributed by atoms with Crippen molar-refractivity contribution in [2.75, 3.05) is 12.0 Å². The molecule has 11 nitrogen and oxygen atoms in total. The molecular formula is C28H23N5O6S. The van der Waals surface area contributed by atoms with Gasteiger partial charge in [-0.2, -0.15) is 5.10 Å². The summed E-state index contributed by atoms with van der Waals surface area (Å²) in [6.45, 7) is 0.198. The molecule has 1 N–H and O–H groups in total. The number of hydrogen-bond acceptors (Lipinski definition) is 8. The van der Waals surface area contributed by atoms with E-state index in [-0.39, 0.29) is 23.8 Å². The van der Waals surface area contributed by atoms with Crippen molar-refractivity contribution < 1.29 is 24.0 Å². The fourth-order valence-corrected chi connectivity index (χ4v) is 4.65. The van der Waals surface area contributed by atoms with Crippen molar-refractivity contribution in [3.8, 4) is 17.2 Å². The molecule has 4 aromatic rings. The maximum Gasteiger partial charge on any atom is 0.307 e. The zero-order chi connectivity index (χ0) is 28.2. The van der Waals surface area contributed by atoms with Crippen molar-refractivity contribution in [3.05, 3.63) is 106 Å². The summed E-state index contributed by atoms with van der Waals surface area (Å²) in [6, 6.07) is 21.4. The predicted octanol–water partition coefficient (Wildman–Crippen LogP) is 4.25. The highest BCUT2D eigenvalue weighted by Crippen LogP contribution is 2.29. The van der Waals surface area contributed by atoms with E-state index in [0.29, 0.717) is 34.1 Å². The van der Waals surface area contributed by atoms with E-state index >= 15 is 0 Å². The Morgan fingerprint density at radius 2 is 1.77 bits per heavy atom. The minimum absolute atomic E-state index is 0.00123. The molecule has 2 amide bonds. The standard InChI is InChI=1S/C28H23N5O6S/c1-38-25-12-7-18(13-19(25)16-31-17-21(15-29-31)33(36)37)14-24-26(34)30-28(40)32(27(24)35)20-8-10-23(11-9-20)39-22-5-3-2-4-6-22/h2-13,15,17,24H,14,16H2,1H3,(H,30,34,40). The third-order valence-electron chi connectivity index (χ3n) is 6.29. The first kappa shape index (κ1) is 26.5. The smallest absolute Gasteiger partial charge is 0.307 e. The van der Waals surface area contributed by atoms with Gasteiger partial charge in [-0.15, -0.1) is 0 Å². The van der Waals surface area contributed by atoms with Gasteiger partial charge in [0, 0.05) is 5.56 Å². The second-order valence-corrected chi connectivity index (χ2v) is 9.32. The number of hydrogen-bond donors (Lipinski definition) is 1. The fourth-order valence-electron chi connectivity index (χ4n) is 4.35. The van der Waals surface area contributed by atoms with Crippen molar-refractivity contribution in [1.82, 2.24) is 15.1 Å². The predicted molar refractivity (Wildman–Crippen MR) is 149 cm³/mol. The van der Waals surface area contributed by atoms with Crippen LogP contribution in [0.3, 0.4) is 0 Å². The molecule has 1 aliphatic heterocycles. The summed E-state index contributed by atoms with van der Waals surface area (Å²) in [6.07, 6.45) is 2.59. The molecule has 1 unspecified atom stereocenters. The van der Waals surface area contributed by atoms with Crippen LogP contribution in [0, 0.1) is 16.0 Å². The van der Waals surface area contributed by atoms with Crippen molar-refractivity contribution in [2.24, 2.45) is 5.92 Å². The van der Waals surface area contributed by atoms with E-state index < -0.39 is 22.7 Å². The fraction of sp³-hybridized carbons (Fsp3) is 0.143. The molecule has 2 heterocycles. The zero-order valence-electron chi connectivity index (χ0n) is 21.2. The Hall–Kier alpha value is -5.10. The van der Waals surface area contributed by atoms with Gasteiger partial charge in [-0.3, -0.25) is 29.3 Å². The van der Waals surface area contributed by atoms with Crippen LogP contribution in [-0.4, -0.2) is 38.7 Å². The lowest BCUT2D eigenvalue weighted by atomic mass is 9.94. The number of amides is 2. The molecule has 1 aliphatic rings. The van der Waals surface area contributed by atoms with Gasteiger partial charge in [0.15, 0.2) is 5.11 Å². The highest BCUT2D eigenvalue weighted by atomic mass is 32.1. The molecule has 3 aromatic carbocycles. The first-order valence-corrected chi connectivity index (χ1v) is 12.6. The molecule has 1 atom stereocenters. The summed E-state index contributed by atoms with van der Waals surface area (Å²) < 4.78 is 12.7. The van der Waals surface area contributed by atoms with Gasteiger partial charge in [-0.05, 0) is 66.7 Å². The van der Waals surface area contributed by atoms with Crippen LogP contribution in [0.4, 0.5) is 11.4 Å². The quantitative estimate of drug-likeness (QED) is 0.140. The number of anilines is 1. The number of thiocarbonyl (C=S) groups is 1. The molecule has 40 heavy (non-hydrogen) atoms. The first-order chi connectivity index (χ1) is 19.3. The Balaban J connectivity index is 1.34. The van der Waals surface area contributed by atoms with Gasteiger partial charge in [0.1, 0.15) is 35.6 Å². The number of nitrogens with zero attached hydrogens (tertiary/aromatic N) is 4. The molecule has 1 saturated heterocycles. The number of aromatic nitrogens is 2. The molecule has 1 fully saturated rings. The van der Waals surface area contributed by atoms with Gasteiger partial charge in [0.25, 0.3) is 0 Å². The number of methoxy groups -OCH3 is 1. The molecule has 0 spiro atoms. The normalized spacial score (nSPS) is 15.1.